The summed E-state index contributed by atoms with van der Waals surface area (Å²) in [6.45, 7) is 0. The number of ether oxygens (including phenoxy) is 2. The van der Waals surface area contributed by atoms with E-state index in [0.717, 1.165) is 29.1 Å². The summed E-state index contributed by atoms with van der Waals surface area (Å²) in [6.07, 6.45) is 2.03. The molecule has 2 N–H and O–H groups in total. The average Bonchev–Trinajstić information content (AvgIpc) is 3.33. The molecule has 1 aliphatic heterocycles. The number of carbonyl (C=O) groups is 2. The SMILES string of the molecule is COc1cc(NC(=O)N2c3ccccc3NC3=C(C(=O)CCC3)[C@H]2c2cccs2)cc(OC)c1. The number of benzene rings is 2. The molecule has 1 aromatic heterocycles. The number of hydrogen-bond donors (Lipinski definition) is 2. The number of rotatable bonds is 4. The number of allylic oxidation sites excluding steroid dienone is 1. The molecule has 1 atom stereocenters. The molecule has 1 aliphatic carbocycles. The highest BCUT2D eigenvalue weighted by molar-refractivity contribution is 7.10. The van der Waals surface area contributed by atoms with Crippen LogP contribution in [0.2, 0.25) is 0 Å². The van der Waals surface area contributed by atoms with Gasteiger partial charge in [-0.05, 0) is 36.4 Å². The molecule has 2 heterocycles. The van der Waals surface area contributed by atoms with Crippen molar-refractivity contribution in [2.24, 2.45) is 0 Å². The molecule has 0 unspecified atom stereocenters. The number of hydrogen-bond acceptors (Lipinski definition) is 6. The monoisotopic (exact) mass is 475 g/mol. The summed E-state index contributed by atoms with van der Waals surface area (Å²) in [5.41, 5.74) is 3.58. The largest absolute Gasteiger partial charge is 0.497 e. The van der Waals surface area contributed by atoms with Gasteiger partial charge in [-0.25, -0.2) is 4.79 Å². The number of carbonyl (C=O) groups excluding carboxylic acids is 2. The van der Waals surface area contributed by atoms with Gasteiger partial charge in [-0.2, -0.15) is 0 Å². The van der Waals surface area contributed by atoms with E-state index < -0.39 is 6.04 Å². The maximum absolute atomic E-state index is 13.9. The Morgan fingerprint density at radius 2 is 1.82 bits per heavy atom. The molecule has 0 bridgehead atoms. The topological polar surface area (TPSA) is 79.9 Å². The van der Waals surface area contributed by atoms with E-state index in [2.05, 4.69) is 10.6 Å². The van der Waals surface area contributed by atoms with Gasteiger partial charge in [-0.3, -0.25) is 9.69 Å². The molecule has 2 aliphatic rings. The van der Waals surface area contributed by atoms with Gasteiger partial charge in [0, 0.05) is 46.5 Å². The molecule has 0 saturated carbocycles. The third-order valence-corrected chi connectivity index (χ3v) is 7.00. The molecule has 5 rings (SSSR count). The zero-order chi connectivity index (χ0) is 23.7. The van der Waals surface area contributed by atoms with Crippen LogP contribution in [0.4, 0.5) is 21.9 Å². The first kappa shape index (κ1) is 22.0. The quantitative estimate of drug-likeness (QED) is 0.485. The molecular weight excluding hydrogens is 450 g/mol. The van der Waals surface area contributed by atoms with E-state index in [0.29, 0.717) is 34.9 Å². The Bertz CT molecular complexity index is 1250. The average molecular weight is 476 g/mol. The minimum absolute atomic E-state index is 0.0702. The molecule has 7 nitrogen and oxygen atoms in total. The number of amides is 2. The zero-order valence-electron chi connectivity index (χ0n) is 19.0. The maximum Gasteiger partial charge on any atom is 0.327 e. The van der Waals surface area contributed by atoms with Gasteiger partial charge in [0.15, 0.2) is 5.78 Å². The Morgan fingerprint density at radius 3 is 2.53 bits per heavy atom. The van der Waals surface area contributed by atoms with Gasteiger partial charge in [-0.15, -0.1) is 11.3 Å². The first-order valence-electron chi connectivity index (χ1n) is 11.1. The minimum atomic E-state index is -0.536. The van der Waals surface area contributed by atoms with Gasteiger partial charge < -0.3 is 20.1 Å². The zero-order valence-corrected chi connectivity index (χ0v) is 19.8. The first-order valence-corrected chi connectivity index (χ1v) is 12.0. The Balaban J connectivity index is 1.64. The fourth-order valence-corrected chi connectivity index (χ4v) is 5.36. The third-order valence-electron chi connectivity index (χ3n) is 6.07. The second kappa shape index (κ2) is 9.23. The Hall–Kier alpha value is -3.78. The lowest BCUT2D eigenvalue weighted by Crippen LogP contribution is -2.40. The van der Waals surface area contributed by atoms with Crippen molar-refractivity contribution < 1.29 is 19.1 Å². The first-order chi connectivity index (χ1) is 16.6. The number of thiophene rings is 1. The lowest BCUT2D eigenvalue weighted by atomic mass is 9.88. The van der Waals surface area contributed by atoms with Gasteiger partial charge >= 0.3 is 6.03 Å². The van der Waals surface area contributed by atoms with E-state index in [1.54, 1.807) is 37.3 Å². The predicted octanol–water partition coefficient (Wildman–Crippen LogP) is 5.98. The van der Waals surface area contributed by atoms with E-state index in [1.807, 2.05) is 41.8 Å². The summed E-state index contributed by atoms with van der Waals surface area (Å²) >= 11 is 1.53. The highest BCUT2D eigenvalue weighted by Gasteiger charge is 2.40. The van der Waals surface area contributed by atoms with Crippen LogP contribution in [0.25, 0.3) is 0 Å². The predicted molar refractivity (Wildman–Crippen MR) is 134 cm³/mol. The van der Waals surface area contributed by atoms with Gasteiger partial charge in [0.25, 0.3) is 0 Å². The summed E-state index contributed by atoms with van der Waals surface area (Å²) in [6, 6.07) is 15.9. The van der Waals surface area contributed by atoms with Gasteiger partial charge in [-0.1, -0.05) is 18.2 Å². The highest BCUT2D eigenvalue weighted by atomic mass is 32.1. The number of Topliss-reactive ketones (excluding diaryl/α,β-unsaturated/α-hetero) is 1. The van der Waals surface area contributed by atoms with Crippen molar-refractivity contribution in [3.63, 3.8) is 0 Å². The second-order valence-electron chi connectivity index (χ2n) is 8.13. The molecule has 174 valence electrons. The molecular formula is C26H25N3O4S. The number of nitrogens with one attached hydrogen (secondary N) is 2. The fraction of sp³-hybridized carbons (Fsp3) is 0.231. The number of nitrogens with zero attached hydrogens (tertiary/aromatic N) is 1. The molecule has 8 heteroatoms. The van der Waals surface area contributed by atoms with E-state index in [4.69, 9.17) is 9.47 Å². The Morgan fingerprint density at radius 1 is 1.06 bits per heavy atom. The summed E-state index contributed by atoms with van der Waals surface area (Å²) in [5.74, 6) is 1.20. The summed E-state index contributed by atoms with van der Waals surface area (Å²) in [7, 11) is 3.12. The van der Waals surface area contributed by atoms with Crippen LogP contribution in [0.1, 0.15) is 30.2 Å². The van der Waals surface area contributed by atoms with Crippen LogP contribution in [0, 0.1) is 0 Å². The molecule has 2 aromatic carbocycles. The number of ketones is 1. The molecule has 2 amide bonds. The lowest BCUT2D eigenvalue weighted by Gasteiger charge is -2.33. The van der Waals surface area contributed by atoms with Crippen LogP contribution in [-0.2, 0) is 4.79 Å². The summed E-state index contributed by atoms with van der Waals surface area (Å²) in [4.78, 5) is 29.8. The molecule has 0 spiro atoms. The van der Waals surface area contributed by atoms with E-state index in [1.165, 1.54) is 11.3 Å². The molecule has 34 heavy (non-hydrogen) atoms. The van der Waals surface area contributed by atoms with E-state index >= 15 is 0 Å². The van der Waals surface area contributed by atoms with Crippen molar-refractivity contribution in [1.82, 2.24) is 0 Å². The van der Waals surface area contributed by atoms with Crippen LogP contribution >= 0.6 is 11.3 Å². The van der Waals surface area contributed by atoms with Gasteiger partial charge in [0.1, 0.15) is 17.5 Å². The van der Waals surface area contributed by atoms with Gasteiger partial charge in [0.05, 0.1) is 25.6 Å². The fourth-order valence-electron chi connectivity index (χ4n) is 4.54. The van der Waals surface area contributed by atoms with Crippen LogP contribution in [0.3, 0.4) is 0 Å². The smallest absolute Gasteiger partial charge is 0.327 e. The molecule has 0 fully saturated rings. The van der Waals surface area contributed by atoms with Crippen molar-refractivity contribution in [2.75, 3.05) is 29.8 Å². The van der Waals surface area contributed by atoms with Crippen molar-refractivity contribution in [2.45, 2.75) is 25.3 Å². The van der Waals surface area contributed by atoms with Crippen LogP contribution < -0.4 is 25.0 Å². The number of anilines is 3. The summed E-state index contributed by atoms with van der Waals surface area (Å²) < 4.78 is 10.7. The van der Waals surface area contributed by atoms with E-state index in [9.17, 15) is 9.59 Å². The van der Waals surface area contributed by atoms with Crippen molar-refractivity contribution in [3.05, 3.63) is 76.1 Å². The maximum atomic E-state index is 13.9. The standard InChI is InChI=1S/C26H25N3O4S/c1-32-17-13-16(14-18(15-17)33-2)27-26(31)29-21-9-4-3-7-19(21)28-20-8-5-10-22(30)24(20)25(29)23-11-6-12-34-23/h3-4,6-7,9,11-15,25,28H,5,8,10H2,1-2H3,(H,27,31)/t25-/m1/s1. The number of para-hydroxylation sites is 2. The molecule has 3 aromatic rings. The lowest BCUT2D eigenvalue weighted by molar-refractivity contribution is -0.116. The Kier molecular flexibility index (Phi) is 5.98. The van der Waals surface area contributed by atoms with Crippen LogP contribution in [0.5, 0.6) is 11.5 Å². The van der Waals surface area contributed by atoms with Crippen LogP contribution in [0.15, 0.2) is 71.2 Å². The summed E-state index contributed by atoms with van der Waals surface area (Å²) in [5, 5.41) is 8.44. The van der Waals surface area contributed by atoms with Crippen LogP contribution in [-0.4, -0.2) is 26.0 Å². The normalized spacial score (nSPS) is 17.3. The number of fused-ring (bicyclic) bond motifs is 1. The molecule has 0 saturated heterocycles. The number of methoxy groups -OCH3 is 2. The minimum Gasteiger partial charge on any atom is -0.497 e. The van der Waals surface area contributed by atoms with Gasteiger partial charge in [0.2, 0.25) is 0 Å². The van der Waals surface area contributed by atoms with Crippen molar-refractivity contribution >= 4 is 40.2 Å². The second-order valence-corrected chi connectivity index (χ2v) is 9.11. The Labute approximate surface area is 202 Å². The van der Waals surface area contributed by atoms with Crippen molar-refractivity contribution in [3.8, 4) is 11.5 Å². The van der Waals surface area contributed by atoms with E-state index in [-0.39, 0.29) is 11.8 Å². The van der Waals surface area contributed by atoms with Crippen molar-refractivity contribution in [1.29, 1.82) is 0 Å². The third kappa shape index (κ3) is 4.01. The molecule has 0 radical (unpaired) electrons. The highest BCUT2D eigenvalue weighted by Crippen LogP contribution is 2.46. The number of urea groups is 1.